The lowest BCUT2D eigenvalue weighted by atomic mass is 9.95. The minimum absolute atomic E-state index is 0.129. The molecule has 1 fully saturated rings. The maximum Gasteiger partial charge on any atom is 0.232 e. The molecule has 0 atom stereocenters. The van der Waals surface area contributed by atoms with Crippen molar-refractivity contribution in [2.24, 2.45) is 0 Å². The first-order valence-corrected chi connectivity index (χ1v) is 8.45. The number of hydrogen-bond donors (Lipinski definition) is 1. The Balaban J connectivity index is 1.63. The van der Waals surface area contributed by atoms with Crippen molar-refractivity contribution in [2.45, 2.75) is 44.8 Å². The monoisotopic (exact) mass is 323 g/mol. The summed E-state index contributed by atoms with van der Waals surface area (Å²) in [6, 6.07) is 12.1. The lowest BCUT2D eigenvalue weighted by Gasteiger charge is -2.25. The number of aliphatic hydroxyl groups excluding tert-OH is 1. The second-order valence-electron chi connectivity index (χ2n) is 6.50. The Morgan fingerprint density at radius 3 is 2.75 bits per heavy atom. The zero-order valence-corrected chi connectivity index (χ0v) is 13.7. The Morgan fingerprint density at radius 1 is 1.12 bits per heavy atom. The summed E-state index contributed by atoms with van der Waals surface area (Å²) in [5.41, 5.74) is 4.06. The molecular weight excluding hydrogens is 302 g/mol. The topological polar surface area (TPSA) is 59.7 Å². The van der Waals surface area contributed by atoms with Gasteiger partial charge in [-0.3, -0.25) is 0 Å². The molecule has 5 heteroatoms. The van der Waals surface area contributed by atoms with E-state index in [1.807, 2.05) is 28.9 Å². The molecule has 1 aliphatic rings. The van der Waals surface area contributed by atoms with Crippen molar-refractivity contribution < 1.29 is 9.84 Å². The largest absolute Gasteiger partial charge is 0.473 e. The predicted octanol–water partition coefficient (Wildman–Crippen LogP) is 3.39. The van der Waals surface area contributed by atoms with Gasteiger partial charge >= 0.3 is 0 Å². The van der Waals surface area contributed by atoms with E-state index in [2.05, 4.69) is 35.2 Å². The second kappa shape index (κ2) is 6.24. The lowest BCUT2D eigenvalue weighted by Crippen LogP contribution is -2.26. The van der Waals surface area contributed by atoms with Crippen molar-refractivity contribution >= 4 is 5.65 Å². The molecule has 1 aromatic carbocycles. The number of benzene rings is 1. The van der Waals surface area contributed by atoms with Gasteiger partial charge in [0.15, 0.2) is 5.65 Å². The van der Waals surface area contributed by atoms with Crippen LogP contribution >= 0.6 is 0 Å². The summed E-state index contributed by atoms with van der Waals surface area (Å²) in [7, 11) is 0. The molecule has 0 spiro atoms. The maximum atomic E-state index is 9.61. The SMILES string of the molecule is Cc1cccc(-c2cnc3ccc(OC4CCC(O)CC4)nn23)c1. The Bertz CT molecular complexity index is 851. The molecular formula is C19H21N3O2. The molecule has 4 rings (SSSR count). The number of imidazole rings is 1. The van der Waals surface area contributed by atoms with Crippen LogP contribution in [0.25, 0.3) is 16.9 Å². The first-order valence-electron chi connectivity index (χ1n) is 8.45. The Labute approximate surface area is 140 Å². The van der Waals surface area contributed by atoms with Crippen LogP contribution in [0.3, 0.4) is 0 Å². The van der Waals surface area contributed by atoms with E-state index in [-0.39, 0.29) is 12.2 Å². The Morgan fingerprint density at radius 2 is 1.96 bits per heavy atom. The molecule has 0 unspecified atom stereocenters. The van der Waals surface area contributed by atoms with Crippen molar-refractivity contribution in [2.75, 3.05) is 0 Å². The van der Waals surface area contributed by atoms with Gasteiger partial charge in [0.2, 0.25) is 5.88 Å². The van der Waals surface area contributed by atoms with Crippen LogP contribution in [0.5, 0.6) is 5.88 Å². The second-order valence-corrected chi connectivity index (χ2v) is 6.50. The van der Waals surface area contributed by atoms with Crippen LogP contribution in [0.4, 0.5) is 0 Å². The van der Waals surface area contributed by atoms with Crippen LogP contribution < -0.4 is 4.74 Å². The summed E-state index contributed by atoms with van der Waals surface area (Å²) in [5, 5.41) is 14.2. The highest BCUT2D eigenvalue weighted by atomic mass is 16.5. The summed E-state index contributed by atoms with van der Waals surface area (Å²) in [6.07, 6.45) is 5.13. The average Bonchev–Trinajstić information content (AvgIpc) is 3.00. The summed E-state index contributed by atoms with van der Waals surface area (Å²) < 4.78 is 7.86. The van der Waals surface area contributed by atoms with Crippen molar-refractivity contribution in [3.8, 4) is 17.1 Å². The van der Waals surface area contributed by atoms with E-state index in [0.29, 0.717) is 5.88 Å². The van der Waals surface area contributed by atoms with Gasteiger partial charge in [-0.25, -0.2) is 9.50 Å². The number of rotatable bonds is 3. The highest BCUT2D eigenvalue weighted by Gasteiger charge is 2.21. The van der Waals surface area contributed by atoms with Gasteiger partial charge in [-0.1, -0.05) is 23.8 Å². The molecule has 124 valence electrons. The molecule has 0 bridgehead atoms. The van der Waals surface area contributed by atoms with E-state index >= 15 is 0 Å². The van der Waals surface area contributed by atoms with Crippen LogP contribution in [0.1, 0.15) is 31.2 Å². The third kappa shape index (κ3) is 2.99. The van der Waals surface area contributed by atoms with Gasteiger partial charge in [0.25, 0.3) is 0 Å². The van der Waals surface area contributed by atoms with Crippen molar-refractivity contribution in [1.29, 1.82) is 0 Å². The number of fused-ring (bicyclic) bond motifs is 1. The number of aryl methyl sites for hydroxylation is 1. The molecule has 3 aromatic rings. The molecule has 0 aliphatic heterocycles. The first kappa shape index (κ1) is 15.1. The van der Waals surface area contributed by atoms with Crippen LogP contribution in [0, 0.1) is 6.92 Å². The van der Waals surface area contributed by atoms with Crippen LogP contribution in [-0.4, -0.2) is 31.9 Å². The molecule has 0 amide bonds. The summed E-state index contributed by atoms with van der Waals surface area (Å²) in [4.78, 5) is 4.43. The fourth-order valence-corrected chi connectivity index (χ4v) is 3.25. The van der Waals surface area contributed by atoms with Gasteiger partial charge in [0.05, 0.1) is 18.0 Å². The fourth-order valence-electron chi connectivity index (χ4n) is 3.25. The summed E-state index contributed by atoms with van der Waals surface area (Å²) in [5.74, 6) is 0.607. The van der Waals surface area contributed by atoms with Crippen LogP contribution in [0.15, 0.2) is 42.6 Å². The first-order chi connectivity index (χ1) is 11.7. The van der Waals surface area contributed by atoms with E-state index in [0.717, 1.165) is 42.6 Å². The Hall–Kier alpha value is -2.40. The average molecular weight is 323 g/mol. The number of ether oxygens (including phenoxy) is 1. The smallest absolute Gasteiger partial charge is 0.232 e. The molecule has 1 aliphatic carbocycles. The van der Waals surface area contributed by atoms with E-state index in [1.54, 1.807) is 0 Å². The lowest BCUT2D eigenvalue weighted by molar-refractivity contribution is 0.0637. The number of hydrogen-bond acceptors (Lipinski definition) is 4. The minimum atomic E-state index is -0.179. The standard InChI is InChI=1S/C19H21N3O2/c1-13-3-2-4-14(11-13)17-12-20-18-9-10-19(21-22(17)18)24-16-7-5-15(23)6-8-16/h2-4,9-12,15-16,23H,5-8H2,1H3. The molecule has 0 saturated heterocycles. The van der Waals surface area contributed by atoms with Crippen molar-refractivity contribution in [3.05, 3.63) is 48.2 Å². The van der Waals surface area contributed by atoms with Gasteiger partial charge < -0.3 is 9.84 Å². The van der Waals surface area contributed by atoms with Crippen molar-refractivity contribution in [3.63, 3.8) is 0 Å². The van der Waals surface area contributed by atoms with E-state index in [1.165, 1.54) is 5.56 Å². The molecule has 1 saturated carbocycles. The molecule has 2 aromatic heterocycles. The predicted molar refractivity (Wildman–Crippen MR) is 92.1 cm³/mol. The van der Waals surface area contributed by atoms with Gasteiger partial charge in [-0.05, 0) is 44.7 Å². The molecule has 24 heavy (non-hydrogen) atoms. The van der Waals surface area contributed by atoms with E-state index in [9.17, 15) is 5.11 Å². The van der Waals surface area contributed by atoms with Gasteiger partial charge in [-0.2, -0.15) is 0 Å². The zero-order chi connectivity index (χ0) is 16.5. The minimum Gasteiger partial charge on any atom is -0.473 e. The molecule has 5 nitrogen and oxygen atoms in total. The van der Waals surface area contributed by atoms with E-state index in [4.69, 9.17) is 4.74 Å². The Kier molecular flexibility index (Phi) is 3.94. The van der Waals surface area contributed by atoms with Gasteiger partial charge in [-0.15, -0.1) is 5.10 Å². The quantitative estimate of drug-likeness (QED) is 0.802. The van der Waals surface area contributed by atoms with Crippen LogP contribution in [0.2, 0.25) is 0 Å². The third-order valence-electron chi connectivity index (χ3n) is 4.58. The molecule has 2 heterocycles. The zero-order valence-electron chi connectivity index (χ0n) is 13.7. The van der Waals surface area contributed by atoms with Crippen LogP contribution in [-0.2, 0) is 0 Å². The number of aliphatic hydroxyl groups is 1. The van der Waals surface area contributed by atoms with Gasteiger partial charge in [0, 0.05) is 11.6 Å². The number of nitrogens with zero attached hydrogens (tertiary/aromatic N) is 3. The highest BCUT2D eigenvalue weighted by molar-refractivity contribution is 5.63. The van der Waals surface area contributed by atoms with E-state index < -0.39 is 0 Å². The summed E-state index contributed by atoms with van der Waals surface area (Å²) in [6.45, 7) is 2.08. The van der Waals surface area contributed by atoms with Crippen molar-refractivity contribution in [1.82, 2.24) is 14.6 Å². The molecule has 0 radical (unpaired) electrons. The van der Waals surface area contributed by atoms with Gasteiger partial charge in [0.1, 0.15) is 6.10 Å². The normalized spacial score (nSPS) is 21.1. The molecule has 1 N–H and O–H groups in total. The summed E-state index contributed by atoms with van der Waals surface area (Å²) >= 11 is 0. The third-order valence-corrected chi connectivity index (χ3v) is 4.58. The maximum absolute atomic E-state index is 9.61. The fraction of sp³-hybridized carbons (Fsp3) is 0.368. The number of aromatic nitrogens is 3. The highest BCUT2D eigenvalue weighted by Crippen LogP contribution is 2.25.